The zero-order valence-electron chi connectivity index (χ0n) is 6.93. The first-order valence-corrected chi connectivity index (χ1v) is 3.54. The van der Waals surface area contributed by atoms with Gasteiger partial charge in [0, 0.05) is 11.8 Å². The highest BCUT2D eigenvalue weighted by Gasteiger charge is 2.32. The number of nitrogens with two attached hydrogens (primary N) is 1. The van der Waals surface area contributed by atoms with Gasteiger partial charge in [-0.15, -0.1) is 19.6 Å². The molecular weight excluding hydrogens is 195 g/mol. The molecule has 0 bridgehead atoms. The van der Waals surface area contributed by atoms with E-state index in [4.69, 9.17) is 12.2 Å². The maximum Gasteiger partial charge on any atom is 0.573 e. The SMILES string of the molecule is C#Cc1ccc(N)cc1OC(F)(F)F. The number of alkyl halides is 3. The van der Waals surface area contributed by atoms with Gasteiger partial charge in [-0.25, -0.2) is 0 Å². The molecule has 0 aliphatic carbocycles. The Morgan fingerprint density at radius 1 is 1.36 bits per heavy atom. The lowest BCUT2D eigenvalue weighted by molar-refractivity contribution is -0.274. The third-order valence-corrected chi connectivity index (χ3v) is 1.39. The zero-order valence-corrected chi connectivity index (χ0v) is 6.93. The molecule has 0 saturated carbocycles. The smallest absolute Gasteiger partial charge is 0.404 e. The van der Waals surface area contributed by atoms with Crippen LogP contribution in [-0.4, -0.2) is 6.36 Å². The Labute approximate surface area is 78.5 Å². The molecule has 0 radical (unpaired) electrons. The van der Waals surface area contributed by atoms with E-state index in [1.165, 1.54) is 12.1 Å². The second-order valence-corrected chi connectivity index (χ2v) is 2.45. The predicted octanol–water partition coefficient (Wildman–Crippen LogP) is 2.15. The number of halogens is 3. The van der Waals surface area contributed by atoms with Crippen LogP contribution in [0.15, 0.2) is 18.2 Å². The number of benzene rings is 1. The minimum Gasteiger partial charge on any atom is -0.404 e. The average molecular weight is 201 g/mol. The molecule has 1 aromatic carbocycles. The van der Waals surface area contributed by atoms with Crippen molar-refractivity contribution < 1.29 is 17.9 Å². The van der Waals surface area contributed by atoms with Crippen molar-refractivity contribution in [2.24, 2.45) is 0 Å². The van der Waals surface area contributed by atoms with Gasteiger partial charge in [0.2, 0.25) is 0 Å². The Bertz CT molecular complexity index is 379. The lowest BCUT2D eigenvalue weighted by Gasteiger charge is -2.10. The molecule has 0 aliphatic heterocycles. The Kier molecular flexibility index (Phi) is 2.56. The number of anilines is 1. The summed E-state index contributed by atoms with van der Waals surface area (Å²) in [4.78, 5) is 0. The van der Waals surface area contributed by atoms with Gasteiger partial charge in [0.1, 0.15) is 5.75 Å². The zero-order chi connectivity index (χ0) is 10.8. The minimum absolute atomic E-state index is 0.0107. The first-order chi connectivity index (χ1) is 6.42. The monoisotopic (exact) mass is 201 g/mol. The van der Waals surface area contributed by atoms with Crippen molar-refractivity contribution in [3.05, 3.63) is 23.8 Å². The highest BCUT2D eigenvalue weighted by atomic mass is 19.4. The van der Waals surface area contributed by atoms with Crippen molar-refractivity contribution in [2.75, 3.05) is 5.73 Å². The van der Waals surface area contributed by atoms with E-state index in [1.807, 2.05) is 0 Å². The fourth-order valence-electron chi connectivity index (χ4n) is 0.867. The van der Waals surface area contributed by atoms with Gasteiger partial charge in [-0.1, -0.05) is 5.92 Å². The van der Waals surface area contributed by atoms with Crippen LogP contribution in [0.2, 0.25) is 0 Å². The van der Waals surface area contributed by atoms with Gasteiger partial charge >= 0.3 is 6.36 Å². The first-order valence-electron chi connectivity index (χ1n) is 3.54. The molecule has 0 heterocycles. The molecule has 0 saturated heterocycles. The number of nitrogen functional groups attached to an aromatic ring is 1. The number of hydrogen-bond acceptors (Lipinski definition) is 2. The maximum atomic E-state index is 11.9. The van der Waals surface area contributed by atoms with Crippen LogP contribution < -0.4 is 10.5 Å². The third kappa shape index (κ3) is 2.59. The standard InChI is InChI=1S/C9H6F3NO/c1-2-6-3-4-7(13)5-8(6)14-9(10,11)12/h1,3-5H,13H2. The van der Waals surface area contributed by atoms with Crippen LogP contribution in [0.25, 0.3) is 0 Å². The van der Waals surface area contributed by atoms with E-state index in [9.17, 15) is 13.2 Å². The lowest BCUT2D eigenvalue weighted by Crippen LogP contribution is -2.17. The third-order valence-electron chi connectivity index (χ3n) is 1.39. The number of rotatable bonds is 1. The summed E-state index contributed by atoms with van der Waals surface area (Å²) >= 11 is 0. The lowest BCUT2D eigenvalue weighted by atomic mass is 10.2. The molecule has 0 aliphatic rings. The van der Waals surface area contributed by atoms with E-state index >= 15 is 0 Å². The van der Waals surface area contributed by atoms with Crippen molar-refractivity contribution in [2.45, 2.75) is 6.36 Å². The summed E-state index contributed by atoms with van der Waals surface area (Å²) < 4.78 is 39.3. The summed E-state index contributed by atoms with van der Waals surface area (Å²) in [5.74, 6) is 1.61. The Morgan fingerprint density at radius 2 is 2.00 bits per heavy atom. The second kappa shape index (κ2) is 3.50. The molecule has 0 aromatic heterocycles. The van der Waals surface area contributed by atoms with Crippen LogP contribution in [0.3, 0.4) is 0 Å². The fourth-order valence-corrected chi connectivity index (χ4v) is 0.867. The molecule has 0 atom stereocenters. The number of ether oxygens (including phenoxy) is 1. The van der Waals surface area contributed by atoms with E-state index in [2.05, 4.69) is 10.7 Å². The number of terminal acetylenes is 1. The molecule has 1 rings (SSSR count). The van der Waals surface area contributed by atoms with Crippen molar-refractivity contribution in [1.29, 1.82) is 0 Å². The Balaban J connectivity index is 3.07. The summed E-state index contributed by atoms with van der Waals surface area (Å²) in [5, 5.41) is 0. The topological polar surface area (TPSA) is 35.2 Å². The molecule has 0 spiro atoms. The molecule has 1 aromatic rings. The van der Waals surface area contributed by atoms with E-state index in [-0.39, 0.29) is 11.3 Å². The molecule has 2 N–H and O–H groups in total. The van der Waals surface area contributed by atoms with Gasteiger partial charge in [0.25, 0.3) is 0 Å². The van der Waals surface area contributed by atoms with Crippen molar-refractivity contribution in [3.63, 3.8) is 0 Å². The van der Waals surface area contributed by atoms with Gasteiger partial charge in [0.05, 0.1) is 5.56 Å². The summed E-state index contributed by atoms with van der Waals surface area (Å²) in [6.45, 7) is 0. The first kappa shape index (κ1) is 10.3. The molecule has 5 heteroatoms. The quantitative estimate of drug-likeness (QED) is 0.558. The molecule has 74 valence electrons. The number of hydrogen-bond donors (Lipinski definition) is 1. The molecule has 0 unspecified atom stereocenters. The van der Waals surface area contributed by atoms with Crippen LogP contribution in [0.4, 0.5) is 18.9 Å². The van der Waals surface area contributed by atoms with Crippen molar-refractivity contribution in [3.8, 4) is 18.1 Å². The summed E-state index contributed by atoms with van der Waals surface area (Å²) in [6, 6.07) is 3.72. The predicted molar refractivity (Wildman–Crippen MR) is 45.5 cm³/mol. The van der Waals surface area contributed by atoms with Gasteiger partial charge in [-0.05, 0) is 12.1 Å². The average Bonchev–Trinajstić information content (AvgIpc) is 2.01. The largest absolute Gasteiger partial charge is 0.573 e. The van der Waals surface area contributed by atoms with Gasteiger partial charge in [-0.2, -0.15) is 0 Å². The van der Waals surface area contributed by atoms with Gasteiger partial charge < -0.3 is 10.5 Å². The molecule has 0 amide bonds. The van der Waals surface area contributed by atoms with Gasteiger partial charge in [0.15, 0.2) is 0 Å². The van der Waals surface area contributed by atoms with E-state index < -0.39 is 12.1 Å². The van der Waals surface area contributed by atoms with Gasteiger partial charge in [-0.3, -0.25) is 0 Å². The second-order valence-electron chi connectivity index (χ2n) is 2.45. The molecule has 2 nitrogen and oxygen atoms in total. The van der Waals surface area contributed by atoms with E-state index in [1.54, 1.807) is 0 Å². The fraction of sp³-hybridized carbons (Fsp3) is 0.111. The Morgan fingerprint density at radius 3 is 2.50 bits per heavy atom. The highest BCUT2D eigenvalue weighted by Crippen LogP contribution is 2.27. The molecular formula is C9H6F3NO. The molecule has 0 fully saturated rings. The van der Waals surface area contributed by atoms with E-state index in [0.717, 1.165) is 6.07 Å². The van der Waals surface area contributed by atoms with Crippen molar-refractivity contribution in [1.82, 2.24) is 0 Å². The summed E-state index contributed by atoms with van der Waals surface area (Å²) in [7, 11) is 0. The summed E-state index contributed by atoms with van der Waals surface area (Å²) in [5.41, 5.74) is 5.45. The van der Waals surface area contributed by atoms with E-state index in [0.29, 0.717) is 0 Å². The minimum atomic E-state index is -4.76. The van der Waals surface area contributed by atoms with Crippen LogP contribution >= 0.6 is 0 Å². The normalized spacial score (nSPS) is 10.7. The van der Waals surface area contributed by atoms with Crippen LogP contribution in [0.1, 0.15) is 5.56 Å². The van der Waals surface area contributed by atoms with Crippen molar-refractivity contribution >= 4 is 5.69 Å². The highest BCUT2D eigenvalue weighted by molar-refractivity contribution is 5.54. The van der Waals surface area contributed by atoms with Crippen LogP contribution in [-0.2, 0) is 0 Å². The summed E-state index contributed by atoms with van der Waals surface area (Å²) in [6.07, 6.45) is 0.217. The van der Waals surface area contributed by atoms with Crippen LogP contribution in [0.5, 0.6) is 5.75 Å². The van der Waals surface area contributed by atoms with Crippen LogP contribution in [0, 0.1) is 12.3 Å². The Hall–Kier alpha value is -1.83. The molecule has 14 heavy (non-hydrogen) atoms. The maximum absolute atomic E-state index is 11.9.